The summed E-state index contributed by atoms with van der Waals surface area (Å²) in [6.45, 7) is 5.05. The molecule has 0 aromatic heterocycles. The minimum absolute atomic E-state index is 0.395. The van der Waals surface area contributed by atoms with E-state index < -0.39 is 0 Å². The van der Waals surface area contributed by atoms with Crippen LogP contribution in [0.15, 0.2) is 34.9 Å². The van der Waals surface area contributed by atoms with E-state index in [1.807, 2.05) is 0 Å². The topological polar surface area (TPSA) is 0 Å². The van der Waals surface area contributed by atoms with Gasteiger partial charge in [-0.05, 0) is 61.0 Å². The average molecular weight is 254 g/mol. The number of hydrogen-bond donors (Lipinski definition) is 0. The first kappa shape index (κ1) is 12.0. The first-order chi connectivity index (χ1) is 9.13. The van der Waals surface area contributed by atoms with E-state index in [4.69, 9.17) is 0 Å². The van der Waals surface area contributed by atoms with Crippen molar-refractivity contribution in [3.8, 4) is 0 Å². The van der Waals surface area contributed by atoms with Gasteiger partial charge in [0.1, 0.15) is 0 Å². The molecule has 0 spiro atoms. The van der Waals surface area contributed by atoms with Crippen molar-refractivity contribution in [3.05, 3.63) is 34.9 Å². The van der Waals surface area contributed by atoms with Crippen LogP contribution in [0.5, 0.6) is 0 Å². The van der Waals surface area contributed by atoms with Crippen molar-refractivity contribution in [3.63, 3.8) is 0 Å². The minimum atomic E-state index is 0.395. The Morgan fingerprint density at radius 3 is 2.84 bits per heavy atom. The largest absolute Gasteiger partial charge is 0.0796 e. The molecule has 0 aromatic carbocycles. The number of allylic oxidation sites excluding steroid dienone is 6. The summed E-state index contributed by atoms with van der Waals surface area (Å²) in [4.78, 5) is 0. The van der Waals surface area contributed by atoms with Crippen LogP contribution in [0.3, 0.4) is 0 Å². The highest BCUT2D eigenvalue weighted by Gasteiger charge is 2.48. The predicted octanol–water partition coefficient (Wildman–Crippen LogP) is 5.57. The quantitative estimate of drug-likeness (QED) is 0.530. The van der Waals surface area contributed by atoms with Crippen molar-refractivity contribution in [2.24, 2.45) is 16.7 Å². The van der Waals surface area contributed by atoms with E-state index in [0.29, 0.717) is 10.8 Å². The van der Waals surface area contributed by atoms with Gasteiger partial charge in [0.25, 0.3) is 0 Å². The zero-order valence-electron chi connectivity index (χ0n) is 12.5. The number of hydrogen-bond acceptors (Lipinski definition) is 0. The van der Waals surface area contributed by atoms with Crippen LogP contribution in [0.1, 0.15) is 65.2 Å². The van der Waals surface area contributed by atoms with Crippen LogP contribution in [-0.2, 0) is 0 Å². The van der Waals surface area contributed by atoms with Crippen LogP contribution in [-0.4, -0.2) is 0 Å². The summed E-state index contributed by atoms with van der Waals surface area (Å²) in [7, 11) is 0. The van der Waals surface area contributed by atoms with Gasteiger partial charge in [-0.3, -0.25) is 0 Å². The Morgan fingerprint density at radius 2 is 1.95 bits per heavy atom. The fourth-order valence-electron chi connectivity index (χ4n) is 5.39. The van der Waals surface area contributed by atoms with Crippen LogP contribution >= 0.6 is 0 Å². The molecule has 19 heavy (non-hydrogen) atoms. The molecule has 3 atom stereocenters. The second-order valence-electron chi connectivity index (χ2n) is 7.77. The van der Waals surface area contributed by atoms with Gasteiger partial charge >= 0.3 is 0 Å². The Bertz CT molecular complexity index is 504. The van der Waals surface area contributed by atoms with Crippen LogP contribution in [0.25, 0.3) is 0 Å². The highest BCUT2D eigenvalue weighted by molar-refractivity contribution is 5.53. The third kappa shape index (κ3) is 1.52. The Balaban J connectivity index is 1.83. The Kier molecular flexibility index (Phi) is 2.44. The summed E-state index contributed by atoms with van der Waals surface area (Å²) in [6, 6.07) is 0. The Morgan fingerprint density at radius 1 is 1.05 bits per heavy atom. The van der Waals surface area contributed by atoms with E-state index in [1.54, 1.807) is 16.7 Å². The van der Waals surface area contributed by atoms with Crippen LogP contribution in [0, 0.1) is 16.7 Å². The van der Waals surface area contributed by atoms with Gasteiger partial charge in [-0.2, -0.15) is 0 Å². The van der Waals surface area contributed by atoms with Gasteiger partial charge < -0.3 is 0 Å². The highest BCUT2D eigenvalue weighted by atomic mass is 14.5. The van der Waals surface area contributed by atoms with E-state index in [1.165, 1.54) is 51.4 Å². The molecule has 0 aliphatic heterocycles. The van der Waals surface area contributed by atoms with Gasteiger partial charge in [0, 0.05) is 5.41 Å². The molecule has 4 aliphatic carbocycles. The van der Waals surface area contributed by atoms with Crippen molar-refractivity contribution < 1.29 is 0 Å². The smallest absolute Gasteiger partial charge is 0.0136 e. The molecule has 4 aliphatic rings. The van der Waals surface area contributed by atoms with Gasteiger partial charge in [0.05, 0.1) is 0 Å². The van der Waals surface area contributed by atoms with Gasteiger partial charge in [-0.15, -0.1) is 0 Å². The fraction of sp³-hybridized carbons (Fsp3) is 0.684. The van der Waals surface area contributed by atoms with Crippen molar-refractivity contribution in [2.75, 3.05) is 0 Å². The van der Waals surface area contributed by atoms with E-state index in [2.05, 4.69) is 32.1 Å². The predicted molar refractivity (Wildman–Crippen MR) is 80.9 cm³/mol. The Hall–Kier alpha value is -0.780. The lowest BCUT2D eigenvalue weighted by atomic mass is 9.56. The lowest BCUT2D eigenvalue weighted by molar-refractivity contribution is 0.239. The molecular formula is C19H26. The SMILES string of the molecule is C[C@]12CCCCC1=CC=C1C2=CC[C@]2(C)CCC[C@@H]12. The molecule has 0 bridgehead atoms. The van der Waals surface area contributed by atoms with Crippen molar-refractivity contribution in [1.82, 2.24) is 0 Å². The van der Waals surface area contributed by atoms with Crippen molar-refractivity contribution >= 4 is 0 Å². The summed E-state index contributed by atoms with van der Waals surface area (Å²) in [6.07, 6.45) is 18.8. The molecule has 0 radical (unpaired) electrons. The fourth-order valence-corrected chi connectivity index (χ4v) is 5.39. The third-order valence-corrected chi connectivity index (χ3v) is 6.68. The van der Waals surface area contributed by atoms with Gasteiger partial charge in [-0.25, -0.2) is 0 Å². The second kappa shape index (κ2) is 3.87. The first-order valence-corrected chi connectivity index (χ1v) is 8.26. The molecule has 0 heteroatoms. The van der Waals surface area contributed by atoms with Gasteiger partial charge in [0.2, 0.25) is 0 Å². The third-order valence-electron chi connectivity index (χ3n) is 6.68. The molecule has 0 unspecified atom stereocenters. The number of rotatable bonds is 0. The van der Waals surface area contributed by atoms with E-state index in [-0.39, 0.29) is 0 Å². The molecule has 0 saturated heterocycles. The Labute approximate surface area is 117 Å². The maximum atomic E-state index is 2.63. The van der Waals surface area contributed by atoms with Crippen molar-refractivity contribution in [1.29, 1.82) is 0 Å². The van der Waals surface area contributed by atoms with E-state index in [0.717, 1.165) is 5.92 Å². The first-order valence-electron chi connectivity index (χ1n) is 8.26. The lowest BCUT2D eigenvalue weighted by Gasteiger charge is -2.48. The summed E-state index contributed by atoms with van der Waals surface area (Å²) in [5.41, 5.74) is 6.14. The standard InChI is InChI=1S/C19H26/c1-18-11-5-7-16(18)15-9-8-14-6-3-4-12-19(14,2)17(15)10-13-18/h8-10,16H,3-7,11-13H2,1-2H3/t16-,18-,19-/m0/s1. The summed E-state index contributed by atoms with van der Waals surface area (Å²) < 4.78 is 0. The molecule has 0 N–H and O–H groups in total. The van der Waals surface area contributed by atoms with Gasteiger partial charge in [-0.1, -0.05) is 50.5 Å². The monoisotopic (exact) mass is 254 g/mol. The molecular weight excluding hydrogens is 228 g/mol. The maximum Gasteiger partial charge on any atom is 0.0136 e. The highest BCUT2D eigenvalue weighted by Crippen LogP contribution is 2.60. The average Bonchev–Trinajstić information content (AvgIpc) is 2.79. The summed E-state index contributed by atoms with van der Waals surface area (Å²) in [5.74, 6) is 0.851. The maximum absolute atomic E-state index is 2.63. The molecule has 2 fully saturated rings. The van der Waals surface area contributed by atoms with Crippen molar-refractivity contribution in [2.45, 2.75) is 65.2 Å². The summed E-state index contributed by atoms with van der Waals surface area (Å²) in [5, 5.41) is 0. The molecule has 0 amide bonds. The molecule has 102 valence electrons. The van der Waals surface area contributed by atoms with E-state index >= 15 is 0 Å². The van der Waals surface area contributed by atoms with Crippen LogP contribution in [0.4, 0.5) is 0 Å². The molecule has 0 aromatic rings. The van der Waals surface area contributed by atoms with Crippen LogP contribution in [0.2, 0.25) is 0 Å². The van der Waals surface area contributed by atoms with Gasteiger partial charge in [0.15, 0.2) is 0 Å². The zero-order chi connectivity index (χ0) is 13.1. The normalized spacial score (nSPS) is 44.5. The molecule has 4 rings (SSSR count). The second-order valence-corrected chi connectivity index (χ2v) is 7.77. The number of fused-ring (bicyclic) bond motifs is 5. The zero-order valence-corrected chi connectivity index (χ0v) is 12.5. The molecule has 0 heterocycles. The van der Waals surface area contributed by atoms with Crippen LogP contribution < -0.4 is 0 Å². The summed E-state index contributed by atoms with van der Waals surface area (Å²) >= 11 is 0. The minimum Gasteiger partial charge on any atom is -0.0796 e. The lowest BCUT2D eigenvalue weighted by Crippen LogP contribution is -2.36. The molecule has 2 saturated carbocycles. The molecule has 0 nitrogen and oxygen atoms in total. The van der Waals surface area contributed by atoms with E-state index in [9.17, 15) is 0 Å².